The molecule has 69 heavy (non-hydrogen) atoms. The summed E-state index contributed by atoms with van der Waals surface area (Å²) in [5.41, 5.74) is 40.9. The van der Waals surface area contributed by atoms with Gasteiger partial charge in [-0.15, -0.1) is 0 Å². The van der Waals surface area contributed by atoms with Gasteiger partial charge in [0.15, 0.2) is 0 Å². The number of hydrogen-bond donors (Lipinski definition) is 0. The third kappa shape index (κ3) is 6.19. The molecule has 7 aromatic carbocycles. The van der Waals surface area contributed by atoms with Crippen LogP contribution in [0.15, 0.2) is 0 Å². The number of aryl methyl sites for hydroxylation is 6. The van der Waals surface area contributed by atoms with Crippen LogP contribution in [-0.4, -0.2) is 6.10 Å². The number of fused-ring (bicyclic) bond motifs is 6. The topological polar surface area (TPSA) is 9.23 Å². The van der Waals surface area contributed by atoms with Gasteiger partial charge < -0.3 is 4.74 Å². The molecule has 1 nitrogen and oxygen atoms in total. The molecule has 0 spiro atoms. The Morgan fingerprint density at radius 1 is 0.217 bits per heavy atom. The lowest BCUT2D eigenvalue weighted by Crippen LogP contribution is -2.44. The van der Waals surface area contributed by atoms with Crippen LogP contribution in [0.4, 0.5) is 0 Å². The first-order valence-electron chi connectivity index (χ1n) is 26.5. The normalized spacial score (nSPS) is 20.1. The van der Waals surface area contributed by atoms with Gasteiger partial charge in [-0.25, -0.2) is 0 Å². The van der Waals surface area contributed by atoms with Gasteiger partial charge >= 0.3 is 0 Å². The first-order valence-corrected chi connectivity index (χ1v) is 26.5. The zero-order valence-electron chi connectivity index (χ0n) is 47.9. The highest BCUT2D eigenvalue weighted by molar-refractivity contribution is 6.29. The molecule has 362 valence electrons. The smallest absolute Gasteiger partial charge is 0.127 e. The summed E-state index contributed by atoms with van der Waals surface area (Å²) in [6, 6.07) is 0. The molecular formula is C68H84O. The second kappa shape index (κ2) is 16.3. The first kappa shape index (κ1) is 49.1. The van der Waals surface area contributed by atoms with E-state index in [1.165, 1.54) is 199 Å². The van der Waals surface area contributed by atoms with Crippen LogP contribution < -0.4 is 4.74 Å². The molecule has 0 radical (unpaired) electrons. The van der Waals surface area contributed by atoms with E-state index in [0.717, 1.165) is 0 Å². The third-order valence-electron chi connectivity index (χ3n) is 21.5. The quantitative estimate of drug-likeness (QED) is 0.161. The van der Waals surface area contributed by atoms with Gasteiger partial charge in [0.05, 0.1) is 0 Å². The molecule has 1 aliphatic carbocycles. The average Bonchev–Trinajstić information content (AvgIpc) is 3.73. The van der Waals surface area contributed by atoms with Crippen molar-refractivity contribution in [1.82, 2.24) is 0 Å². The lowest BCUT2D eigenvalue weighted by atomic mass is 9.60. The van der Waals surface area contributed by atoms with Crippen molar-refractivity contribution >= 4 is 32.3 Å². The molecule has 0 N–H and O–H groups in total. The maximum atomic E-state index is 7.46. The summed E-state index contributed by atoms with van der Waals surface area (Å²) >= 11 is 0. The molecule has 7 aromatic rings. The molecule has 1 heterocycles. The fraction of sp³-hybridized carbons (Fsp3) is 0.471. The molecule has 1 aliphatic heterocycles. The van der Waals surface area contributed by atoms with Gasteiger partial charge in [0.25, 0.3) is 0 Å². The van der Waals surface area contributed by atoms with E-state index in [9.17, 15) is 0 Å². The van der Waals surface area contributed by atoms with Crippen LogP contribution in [0.25, 0.3) is 65.7 Å². The van der Waals surface area contributed by atoms with Crippen LogP contribution in [0.1, 0.15) is 162 Å². The Morgan fingerprint density at radius 3 is 0.841 bits per heavy atom. The predicted octanol–water partition coefficient (Wildman–Crippen LogP) is 19.3. The van der Waals surface area contributed by atoms with Gasteiger partial charge in [0, 0.05) is 11.5 Å². The summed E-state index contributed by atoms with van der Waals surface area (Å²) in [4.78, 5) is 0. The molecule has 0 saturated heterocycles. The average molecular weight is 917 g/mol. The molecular weight excluding hydrogens is 833 g/mol. The van der Waals surface area contributed by atoms with Gasteiger partial charge in [-0.1, -0.05) is 27.7 Å². The lowest BCUT2D eigenvalue weighted by Gasteiger charge is -2.44. The van der Waals surface area contributed by atoms with Crippen LogP contribution in [0.5, 0.6) is 5.75 Å². The minimum atomic E-state index is 0.164. The monoisotopic (exact) mass is 917 g/mol. The Bertz CT molecular complexity index is 3380. The zero-order valence-corrected chi connectivity index (χ0v) is 47.9. The Balaban J connectivity index is 1.63. The van der Waals surface area contributed by atoms with Crippen LogP contribution in [-0.2, 0) is 0 Å². The molecule has 1 fully saturated rings. The van der Waals surface area contributed by atoms with Gasteiger partial charge in [0.1, 0.15) is 11.9 Å². The van der Waals surface area contributed by atoms with Crippen LogP contribution >= 0.6 is 0 Å². The SMILES string of the molecule is Cc1c(C)c(C)c(-c2c(C)c(C)c(-c3c4c(C)c(C)c(C)c(C)c4c(-c4c(C)c(C)c(C)c5c4C4C(C)C(C)C(C)C(C)C4O5)c4c(C)c(C)c(C)c(C)c34)c3c(C)c(C)c(C)c(C)c23)c(C)c1C. The van der Waals surface area contributed by atoms with Gasteiger partial charge in [-0.2, -0.15) is 0 Å². The molecule has 0 amide bonds. The Labute approximate surface area is 417 Å². The van der Waals surface area contributed by atoms with E-state index in [4.69, 9.17) is 4.74 Å². The van der Waals surface area contributed by atoms with Crippen molar-refractivity contribution < 1.29 is 4.74 Å². The maximum Gasteiger partial charge on any atom is 0.127 e. The highest BCUT2D eigenvalue weighted by atomic mass is 16.5. The minimum absolute atomic E-state index is 0.164. The molecule has 0 bridgehead atoms. The molecule has 9 rings (SSSR count). The van der Waals surface area contributed by atoms with Crippen molar-refractivity contribution in [3.8, 4) is 39.1 Å². The standard InChI is InChI=1S/C68H84O/c1-27-28(2)39(13)53(40(14)29(27)3)54-49(23)50(24)61(56-42(16)31(5)30(4)41(15)55(54)56)64-57-43(17)32(6)34(8)45(19)59(57)65(60-46(20)35(9)33(7)44(18)58(60)64)62-47(21)38(12)52(26)68-66(62)63-48(22)36(10)37(11)51(25)67(63)69-68/h36-37,48,51,63,67H,1-26H3. The van der Waals surface area contributed by atoms with Crippen molar-refractivity contribution in [2.45, 2.75) is 192 Å². The molecule has 6 atom stereocenters. The summed E-state index contributed by atoms with van der Waals surface area (Å²) in [5, 5.41) is 8.58. The molecule has 2 aliphatic rings. The van der Waals surface area contributed by atoms with E-state index in [2.05, 4.69) is 180 Å². The van der Waals surface area contributed by atoms with Gasteiger partial charge in [-0.05, 0) is 364 Å². The minimum Gasteiger partial charge on any atom is -0.489 e. The molecule has 6 unspecified atom stereocenters. The van der Waals surface area contributed by atoms with Crippen molar-refractivity contribution in [1.29, 1.82) is 0 Å². The number of hydrogen-bond acceptors (Lipinski definition) is 1. The van der Waals surface area contributed by atoms with Crippen molar-refractivity contribution in [2.75, 3.05) is 0 Å². The van der Waals surface area contributed by atoms with E-state index in [-0.39, 0.29) is 6.10 Å². The summed E-state index contributed by atoms with van der Waals surface area (Å²) in [5.74, 6) is 3.61. The number of benzene rings is 7. The van der Waals surface area contributed by atoms with E-state index in [0.29, 0.717) is 29.6 Å². The summed E-state index contributed by atoms with van der Waals surface area (Å²) in [6.07, 6.45) is 0.164. The predicted molar refractivity (Wildman–Crippen MR) is 303 cm³/mol. The molecule has 1 saturated carbocycles. The number of ether oxygens (including phenoxy) is 1. The molecule has 0 aromatic heterocycles. The Hall–Kier alpha value is -4.88. The Kier molecular flexibility index (Phi) is 11.6. The second-order valence-corrected chi connectivity index (χ2v) is 23.5. The van der Waals surface area contributed by atoms with Crippen molar-refractivity contribution in [3.05, 3.63) is 128 Å². The largest absolute Gasteiger partial charge is 0.489 e. The van der Waals surface area contributed by atoms with E-state index < -0.39 is 0 Å². The fourth-order valence-corrected chi connectivity index (χ4v) is 14.7. The second-order valence-electron chi connectivity index (χ2n) is 23.5. The zero-order chi connectivity index (χ0) is 51.0. The van der Waals surface area contributed by atoms with Crippen LogP contribution in [0.3, 0.4) is 0 Å². The number of rotatable bonds is 3. The van der Waals surface area contributed by atoms with Crippen molar-refractivity contribution in [3.63, 3.8) is 0 Å². The third-order valence-corrected chi connectivity index (χ3v) is 21.5. The summed E-state index contributed by atoms with van der Waals surface area (Å²) < 4.78 is 7.46. The van der Waals surface area contributed by atoms with E-state index >= 15 is 0 Å². The van der Waals surface area contributed by atoms with Crippen LogP contribution in [0, 0.1) is 176 Å². The van der Waals surface area contributed by atoms with E-state index in [1.807, 2.05) is 0 Å². The van der Waals surface area contributed by atoms with Crippen molar-refractivity contribution in [2.24, 2.45) is 23.7 Å². The highest BCUT2D eigenvalue weighted by Gasteiger charge is 2.52. The van der Waals surface area contributed by atoms with Gasteiger partial charge in [0.2, 0.25) is 0 Å². The van der Waals surface area contributed by atoms with E-state index in [1.54, 1.807) is 0 Å². The highest BCUT2D eigenvalue weighted by Crippen LogP contribution is 2.62. The summed E-state index contributed by atoms with van der Waals surface area (Å²) in [6.45, 7) is 62.8. The first-order chi connectivity index (χ1) is 32.2. The summed E-state index contributed by atoms with van der Waals surface area (Å²) in [7, 11) is 0. The van der Waals surface area contributed by atoms with Crippen LogP contribution in [0.2, 0.25) is 0 Å². The lowest BCUT2D eigenvalue weighted by molar-refractivity contribution is 0.00860. The maximum absolute atomic E-state index is 7.46. The Morgan fingerprint density at radius 2 is 0.464 bits per heavy atom. The molecule has 1 heteroatoms. The fourth-order valence-electron chi connectivity index (χ4n) is 14.7. The van der Waals surface area contributed by atoms with Gasteiger partial charge in [-0.3, -0.25) is 0 Å².